The van der Waals surface area contributed by atoms with Gasteiger partial charge in [-0.3, -0.25) is 4.79 Å². The number of allylic oxidation sites excluding steroid dienone is 1. The second-order valence-electron chi connectivity index (χ2n) is 9.17. The highest BCUT2D eigenvalue weighted by Gasteiger charge is 2.73. The van der Waals surface area contributed by atoms with Crippen LogP contribution in [0.4, 0.5) is 17.6 Å². The van der Waals surface area contributed by atoms with Crippen LogP contribution in [0, 0.1) is 40.5 Å². The molecular formula is C22H19F4NO5. The number of esters is 1. The van der Waals surface area contributed by atoms with Crippen LogP contribution in [0.15, 0.2) is 23.4 Å². The number of nitrogens with zero attached hydrogens (tertiary/aromatic N) is 1. The third-order valence-electron chi connectivity index (χ3n) is 7.76. The molecule has 1 aromatic carbocycles. The molecule has 1 aromatic rings. The van der Waals surface area contributed by atoms with Gasteiger partial charge in [0.25, 0.3) is 0 Å². The summed E-state index contributed by atoms with van der Waals surface area (Å²) in [7, 11) is 0. The predicted octanol–water partition coefficient (Wildman–Crippen LogP) is 2.95. The molecule has 0 aromatic heterocycles. The number of rotatable bonds is 1. The Balaban J connectivity index is 1.57. The number of carbonyl (C=O) groups is 2. The SMILES string of the molecule is C[C@H]1CCC2C(OC(=O)C23CC(c2c(F)c(F)cc(F)c2F)=NO3)[C@]2(C)C(=O)C=C[C@@]12O. The molecule has 2 aliphatic heterocycles. The summed E-state index contributed by atoms with van der Waals surface area (Å²) in [6, 6.07) is 0.0766. The number of ketones is 1. The third-order valence-corrected chi connectivity index (χ3v) is 7.76. The molecule has 3 unspecified atom stereocenters. The van der Waals surface area contributed by atoms with Crippen LogP contribution in [0.1, 0.15) is 38.7 Å². The molecule has 1 N–H and O–H groups in total. The second kappa shape index (κ2) is 6.40. The molecule has 170 valence electrons. The Labute approximate surface area is 179 Å². The fourth-order valence-electron chi connectivity index (χ4n) is 5.76. The maximum Gasteiger partial charge on any atom is 0.354 e. The lowest BCUT2D eigenvalue weighted by molar-refractivity contribution is -0.169. The van der Waals surface area contributed by atoms with Crippen molar-refractivity contribution in [2.45, 2.75) is 50.4 Å². The summed E-state index contributed by atoms with van der Waals surface area (Å²) in [5, 5.41) is 15.0. The normalized spacial score (nSPS) is 40.1. The van der Waals surface area contributed by atoms with Crippen LogP contribution in [0.3, 0.4) is 0 Å². The Kier molecular flexibility index (Phi) is 4.22. The topological polar surface area (TPSA) is 85.2 Å². The molecule has 2 aliphatic carbocycles. The number of ether oxygens (including phenoxy) is 1. The van der Waals surface area contributed by atoms with Crippen molar-refractivity contribution in [3.8, 4) is 0 Å². The molecule has 10 heteroatoms. The molecule has 6 nitrogen and oxygen atoms in total. The van der Waals surface area contributed by atoms with Crippen LogP contribution in [-0.4, -0.2) is 39.9 Å². The highest BCUT2D eigenvalue weighted by molar-refractivity contribution is 6.06. The van der Waals surface area contributed by atoms with Crippen molar-refractivity contribution >= 4 is 17.5 Å². The second-order valence-corrected chi connectivity index (χ2v) is 9.17. The van der Waals surface area contributed by atoms with E-state index >= 15 is 0 Å². The molecule has 1 saturated carbocycles. The molecule has 0 amide bonds. The number of carbonyl (C=O) groups excluding carboxylic acids is 2. The van der Waals surface area contributed by atoms with Gasteiger partial charge in [0.1, 0.15) is 17.1 Å². The fourth-order valence-corrected chi connectivity index (χ4v) is 5.76. The van der Waals surface area contributed by atoms with Crippen molar-refractivity contribution in [2.75, 3.05) is 0 Å². The standard InChI is InChI=1S/C22H19F4NO5/c1-9-3-4-10-18(20(2)14(28)5-6-22(9,20)30)31-19(29)21(10)8-13(27-32-21)15-16(25)11(23)7-12(24)17(15)26/h5-7,9-10,18,30H,3-4,8H2,1-2H3/t9-,10?,18?,20-,21?,22+/m0/s1. The van der Waals surface area contributed by atoms with E-state index in [1.54, 1.807) is 6.92 Å². The van der Waals surface area contributed by atoms with Gasteiger partial charge in [0, 0.05) is 12.5 Å². The van der Waals surface area contributed by atoms with E-state index in [4.69, 9.17) is 9.57 Å². The van der Waals surface area contributed by atoms with Crippen LogP contribution < -0.4 is 0 Å². The van der Waals surface area contributed by atoms with Gasteiger partial charge in [-0.25, -0.2) is 22.4 Å². The average molecular weight is 453 g/mol. The molecule has 32 heavy (non-hydrogen) atoms. The van der Waals surface area contributed by atoms with E-state index in [2.05, 4.69) is 5.16 Å². The Morgan fingerprint density at radius 2 is 1.78 bits per heavy atom. The summed E-state index contributed by atoms with van der Waals surface area (Å²) in [6.07, 6.45) is 1.74. The molecule has 0 radical (unpaired) electrons. The first-order chi connectivity index (χ1) is 15.0. The smallest absolute Gasteiger partial charge is 0.354 e. The van der Waals surface area contributed by atoms with E-state index in [1.807, 2.05) is 0 Å². The van der Waals surface area contributed by atoms with Gasteiger partial charge < -0.3 is 14.7 Å². The zero-order chi connectivity index (χ0) is 23.2. The highest BCUT2D eigenvalue weighted by atomic mass is 19.2. The highest BCUT2D eigenvalue weighted by Crippen LogP contribution is 2.59. The summed E-state index contributed by atoms with van der Waals surface area (Å²) >= 11 is 0. The van der Waals surface area contributed by atoms with E-state index in [0.29, 0.717) is 6.42 Å². The minimum Gasteiger partial charge on any atom is -0.458 e. The summed E-state index contributed by atoms with van der Waals surface area (Å²) in [5.41, 5.74) is -6.44. The number of oxime groups is 1. The van der Waals surface area contributed by atoms with Gasteiger partial charge in [-0.2, -0.15) is 0 Å². The van der Waals surface area contributed by atoms with Gasteiger partial charge in [0.05, 0.1) is 17.2 Å². The minimum atomic E-state index is -1.83. The number of halogens is 4. The largest absolute Gasteiger partial charge is 0.458 e. The van der Waals surface area contributed by atoms with E-state index in [1.165, 1.54) is 19.1 Å². The number of aliphatic hydroxyl groups is 1. The molecule has 2 fully saturated rings. The summed E-state index contributed by atoms with van der Waals surface area (Å²) < 4.78 is 61.7. The number of hydrogen-bond acceptors (Lipinski definition) is 6. The third kappa shape index (κ3) is 2.31. The number of benzene rings is 1. The Morgan fingerprint density at radius 1 is 1.12 bits per heavy atom. The Morgan fingerprint density at radius 3 is 2.44 bits per heavy atom. The lowest BCUT2D eigenvalue weighted by Gasteiger charge is -2.43. The van der Waals surface area contributed by atoms with Crippen LogP contribution >= 0.6 is 0 Å². The van der Waals surface area contributed by atoms with E-state index < -0.39 is 81.4 Å². The summed E-state index contributed by atoms with van der Waals surface area (Å²) in [6.45, 7) is 3.29. The quantitative estimate of drug-likeness (QED) is 0.402. The Bertz CT molecular complexity index is 1110. The van der Waals surface area contributed by atoms with Crippen molar-refractivity contribution in [1.82, 2.24) is 0 Å². The van der Waals surface area contributed by atoms with Gasteiger partial charge in [0.2, 0.25) is 5.60 Å². The van der Waals surface area contributed by atoms with Crippen LogP contribution in [-0.2, 0) is 19.2 Å². The minimum absolute atomic E-state index is 0.0766. The fraction of sp³-hybridized carbons (Fsp3) is 0.500. The van der Waals surface area contributed by atoms with Gasteiger partial charge in [-0.15, -0.1) is 0 Å². The first-order valence-corrected chi connectivity index (χ1v) is 10.2. The zero-order valence-corrected chi connectivity index (χ0v) is 17.1. The zero-order valence-electron chi connectivity index (χ0n) is 17.1. The maximum absolute atomic E-state index is 14.3. The Hall–Kier alpha value is -2.75. The van der Waals surface area contributed by atoms with Crippen molar-refractivity contribution in [3.05, 3.63) is 47.1 Å². The molecular weight excluding hydrogens is 434 g/mol. The molecule has 1 spiro atoms. The molecule has 0 bridgehead atoms. The van der Waals surface area contributed by atoms with Crippen LogP contribution in [0.5, 0.6) is 0 Å². The van der Waals surface area contributed by atoms with Crippen molar-refractivity contribution in [1.29, 1.82) is 0 Å². The van der Waals surface area contributed by atoms with E-state index in [0.717, 1.165) is 0 Å². The van der Waals surface area contributed by atoms with Gasteiger partial charge in [-0.1, -0.05) is 12.1 Å². The van der Waals surface area contributed by atoms with Crippen LogP contribution in [0.25, 0.3) is 0 Å². The first kappa shape index (κ1) is 21.1. The van der Waals surface area contributed by atoms with Gasteiger partial charge in [-0.05, 0) is 37.8 Å². The number of hydrogen-bond donors (Lipinski definition) is 1. The van der Waals surface area contributed by atoms with Crippen LogP contribution in [0.2, 0.25) is 0 Å². The van der Waals surface area contributed by atoms with Crippen molar-refractivity contribution in [3.63, 3.8) is 0 Å². The van der Waals surface area contributed by atoms with E-state index in [-0.39, 0.29) is 18.4 Å². The molecule has 6 atom stereocenters. The van der Waals surface area contributed by atoms with Crippen molar-refractivity contribution < 1.29 is 41.8 Å². The lowest BCUT2D eigenvalue weighted by Crippen LogP contribution is -2.57. The predicted molar refractivity (Wildman–Crippen MR) is 100 cm³/mol. The maximum atomic E-state index is 14.3. The van der Waals surface area contributed by atoms with Gasteiger partial charge in [0.15, 0.2) is 29.1 Å². The summed E-state index contributed by atoms with van der Waals surface area (Å²) in [4.78, 5) is 31.3. The number of fused-ring (bicyclic) bond motifs is 4. The monoisotopic (exact) mass is 453 g/mol. The van der Waals surface area contributed by atoms with Crippen molar-refractivity contribution in [2.24, 2.45) is 22.4 Å². The molecule has 1 saturated heterocycles. The average Bonchev–Trinajstić information content (AvgIpc) is 3.35. The molecule has 2 heterocycles. The molecule has 4 aliphatic rings. The van der Waals surface area contributed by atoms with Gasteiger partial charge >= 0.3 is 5.97 Å². The van der Waals surface area contributed by atoms with E-state index in [9.17, 15) is 32.3 Å². The molecule has 5 rings (SSSR count). The summed E-state index contributed by atoms with van der Waals surface area (Å²) in [5.74, 6) is -9.04. The first-order valence-electron chi connectivity index (χ1n) is 10.2. The lowest BCUT2D eigenvalue weighted by atomic mass is 9.63.